The van der Waals surface area contributed by atoms with E-state index in [1.165, 1.54) is 12.1 Å². The van der Waals surface area contributed by atoms with Gasteiger partial charge < -0.3 is 4.42 Å². The van der Waals surface area contributed by atoms with Crippen molar-refractivity contribution in [2.45, 2.75) is 24.2 Å². The van der Waals surface area contributed by atoms with Crippen molar-refractivity contribution in [3.63, 3.8) is 0 Å². The number of amides is 3. The number of hydrogen-bond donors (Lipinski definition) is 1. The van der Waals surface area contributed by atoms with Gasteiger partial charge in [-0.25, -0.2) is 8.42 Å². The number of nitrogens with one attached hydrogen (secondary N) is 1. The van der Waals surface area contributed by atoms with Crippen molar-refractivity contribution >= 4 is 33.6 Å². The predicted octanol–water partition coefficient (Wildman–Crippen LogP) is 0.151. The van der Waals surface area contributed by atoms with Gasteiger partial charge in [0.25, 0.3) is 0 Å². The van der Waals surface area contributed by atoms with Crippen molar-refractivity contribution in [2.75, 3.05) is 18.1 Å². The second kappa shape index (κ2) is 7.27. The molecule has 142 valence electrons. The van der Waals surface area contributed by atoms with Crippen molar-refractivity contribution in [1.29, 1.82) is 0 Å². The Bertz CT molecular complexity index is 980. The van der Waals surface area contributed by atoms with Crippen LogP contribution in [0.2, 0.25) is 0 Å². The molecule has 1 aliphatic heterocycles. The van der Waals surface area contributed by atoms with Gasteiger partial charge >= 0.3 is 6.01 Å². The number of aromatic nitrogens is 2. The number of imide groups is 1. The molecule has 1 aromatic carbocycles. The molecule has 11 heteroatoms. The third kappa shape index (κ3) is 4.56. The highest BCUT2D eigenvalue weighted by Crippen LogP contribution is 2.15. The van der Waals surface area contributed by atoms with E-state index in [4.69, 9.17) is 4.42 Å². The van der Waals surface area contributed by atoms with Gasteiger partial charge in [-0.15, -0.1) is 5.10 Å². The van der Waals surface area contributed by atoms with Crippen LogP contribution in [0.1, 0.15) is 24.3 Å². The van der Waals surface area contributed by atoms with E-state index in [-0.39, 0.29) is 47.9 Å². The number of nitrogens with zero attached hydrogens (tertiary/aromatic N) is 3. The summed E-state index contributed by atoms with van der Waals surface area (Å²) in [6.07, 6.45) is 1.58. The third-order valence-electron chi connectivity index (χ3n) is 3.88. The Kier molecular flexibility index (Phi) is 5.04. The molecule has 0 atom stereocenters. The third-order valence-corrected chi connectivity index (χ3v) is 5.01. The molecule has 10 nitrogen and oxygen atoms in total. The molecule has 0 spiro atoms. The molecule has 27 heavy (non-hydrogen) atoms. The van der Waals surface area contributed by atoms with Gasteiger partial charge in [0.05, 0.1) is 11.3 Å². The quantitative estimate of drug-likeness (QED) is 0.685. The van der Waals surface area contributed by atoms with Crippen LogP contribution in [0.4, 0.5) is 6.01 Å². The second-order valence-electron chi connectivity index (χ2n) is 6.02. The van der Waals surface area contributed by atoms with E-state index < -0.39 is 22.3 Å². The number of benzene rings is 1. The van der Waals surface area contributed by atoms with Crippen LogP contribution in [0.3, 0.4) is 0 Å². The molecule has 1 fully saturated rings. The van der Waals surface area contributed by atoms with Crippen LogP contribution >= 0.6 is 0 Å². The monoisotopic (exact) mass is 392 g/mol. The summed E-state index contributed by atoms with van der Waals surface area (Å²) in [5.74, 6) is -1.19. The SMILES string of the molecule is CS(=O)(=O)c1ccc(Cc2nnc(NC(=O)CN3C(=O)CCC3=O)o2)cc1. The molecular formula is C16H16N4O6S. The van der Waals surface area contributed by atoms with E-state index in [9.17, 15) is 22.8 Å². The first-order chi connectivity index (χ1) is 12.7. The average Bonchev–Trinajstić information content (AvgIpc) is 3.16. The minimum absolute atomic E-state index is 0.106. The zero-order valence-corrected chi connectivity index (χ0v) is 15.2. The molecule has 0 unspecified atom stereocenters. The van der Waals surface area contributed by atoms with Gasteiger partial charge in [-0.2, -0.15) is 0 Å². The van der Waals surface area contributed by atoms with E-state index in [0.29, 0.717) is 0 Å². The molecule has 0 aliphatic carbocycles. The number of hydrogen-bond acceptors (Lipinski definition) is 8. The molecule has 2 aromatic rings. The highest BCUT2D eigenvalue weighted by Gasteiger charge is 2.30. The predicted molar refractivity (Wildman–Crippen MR) is 91.2 cm³/mol. The smallest absolute Gasteiger partial charge is 0.322 e. The lowest BCUT2D eigenvalue weighted by Gasteiger charge is -2.11. The van der Waals surface area contributed by atoms with E-state index in [0.717, 1.165) is 16.7 Å². The van der Waals surface area contributed by atoms with E-state index in [2.05, 4.69) is 15.5 Å². The maximum Gasteiger partial charge on any atom is 0.322 e. The molecule has 3 amide bonds. The summed E-state index contributed by atoms with van der Waals surface area (Å²) in [6.45, 7) is -0.400. The van der Waals surface area contributed by atoms with Crippen LogP contribution in [-0.4, -0.2) is 54.0 Å². The van der Waals surface area contributed by atoms with Crippen LogP contribution in [0.25, 0.3) is 0 Å². The number of likely N-dealkylation sites (tertiary alicyclic amines) is 1. The van der Waals surface area contributed by atoms with Crippen molar-refractivity contribution in [3.05, 3.63) is 35.7 Å². The molecule has 0 radical (unpaired) electrons. The number of carbonyl (C=O) groups is 3. The topological polar surface area (TPSA) is 140 Å². The fraction of sp³-hybridized carbons (Fsp3) is 0.312. The molecule has 1 aliphatic rings. The molecular weight excluding hydrogens is 376 g/mol. The van der Waals surface area contributed by atoms with E-state index in [1.54, 1.807) is 12.1 Å². The highest BCUT2D eigenvalue weighted by molar-refractivity contribution is 7.90. The van der Waals surface area contributed by atoms with Crippen LogP contribution in [0, 0.1) is 0 Å². The number of carbonyl (C=O) groups excluding carboxylic acids is 3. The van der Waals surface area contributed by atoms with Gasteiger partial charge in [0, 0.05) is 19.1 Å². The van der Waals surface area contributed by atoms with Gasteiger partial charge in [-0.05, 0) is 17.7 Å². The second-order valence-corrected chi connectivity index (χ2v) is 8.03. The van der Waals surface area contributed by atoms with E-state index in [1.807, 2.05) is 0 Å². The largest absolute Gasteiger partial charge is 0.407 e. The number of rotatable bonds is 6. The highest BCUT2D eigenvalue weighted by atomic mass is 32.2. The Morgan fingerprint density at radius 1 is 1.15 bits per heavy atom. The molecule has 1 saturated heterocycles. The first-order valence-electron chi connectivity index (χ1n) is 7.97. The summed E-state index contributed by atoms with van der Waals surface area (Å²) in [5.41, 5.74) is 0.747. The normalized spacial score (nSPS) is 14.6. The lowest BCUT2D eigenvalue weighted by atomic mass is 10.1. The van der Waals surface area contributed by atoms with E-state index >= 15 is 0 Å². The first kappa shape index (κ1) is 18.7. The Morgan fingerprint density at radius 3 is 2.37 bits per heavy atom. The minimum atomic E-state index is -3.27. The number of sulfone groups is 1. The minimum Gasteiger partial charge on any atom is -0.407 e. The summed E-state index contributed by atoms with van der Waals surface area (Å²) < 4.78 is 28.2. The molecule has 0 saturated carbocycles. The average molecular weight is 392 g/mol. The Balaban J connectivity index is 1.59. The molecule has 0 bridgehead atoms. The maximum atomic E-state index is 11.9. The molecule has 1 aromatic heterocycles. The lowest BCUT2D eigenvalue weighted by molar-refractivity contribution is -0.141. The van der Waals surface area contributed by atoms with Crippen LogP contribution < -0.4 is 5.32 Å². The fourth-order valence-corrected chi connectivity index (χ4v) is 3.14. The molecule has 2 heterocycles. The van der Waals surface area contributed by atoms with Crippen LogP contribution in [0.5, 0.6) is 0 Å². The summed E-state index contributed by atoms with van der Waals surface area (Å²) in [7, 11) is -3.27. The van der Waals surface area contributed by atoms with Gasteiger partial charge in [0.15, 0.2) is 9.84 Å². The standard InChI is InChI=1S/C16H16N4O6S/c1-27(24,25)11-4-2-10(3-5-11)8-13-18-19-16(26-13)17-12(21)9-20-14(22)6-7-15(20)23/h2-5H,6-9H2,1H3,(H,17,19,21). The Hall–Kier alpha value is -3.08. The van der Waals surface area contributed by atoms with Crippen LogP contribution in [-0.2, 0) is 30.6 Å². The lowest BCUT2D eigenvalue weighted by Crippen LogP contribution is -2.36. The summed E-state index contributed by atoms with van der Waals surface area (Å²) in [5, 5.41) is 9.83. The Morgan fingerprint density at radius 2 is 1.78 bits per heavy atom. The Labute approximate surface area is 154 Å². The van der Waals surface area contributed by atoms with Crippen molar-refractivity contribution in [3.8, 4) is 0 Å². The molecule has 3 rings (SSSR count). The van der Waals surface area contributed by atoms with Gasteiger partial charge in [0.1, 0.15) is 6.54 Å². The first-order valence-corrected chi connectivity index (χ1v) is 9.86. The summed E-state index contributed by atoms with van der Waals surface area (Å²) >= 11 is 0. The number of anilines is 1. The van der Waals surface area contributed by atoms with Gasteiger partial charge in [0.2, 0.25) is 23.6 Å². The van der Waals surface area contributed by atoms with Crippen molar-refractivity contribution in [2.24, 2.45) is 0 Å². The van der Waals surface area contributed by atoms with Crippen molar-refractivity contribution < 1.29 is 27.2 Å². The fourth-order valence-electron chi connectivity index (χ4n) is 2.51. The van der Waals surface area contributed by atoms with Gasteiger partial charge in [-0.3, -0.25) is 24.6 Å². The zero-order chi connectivity index (χ0) is 19.6. The molecule has 1 N–H and O–H groups in total. The van der Waals surface area contributed by atoms with Crippen molar-refractivity contribution in [1.82, 2.24) is 15.1 Å². The zero-order valence-electron chi connectivity index (χ0n) is 14.3. The van der Waals surface area contributed by atoms with Gasteiger partial charge in [-0.1, -0.05) is 17.2 Å². The summed E-state index contributed by atoms with van der Waals surface area (Å²) in [6, 6.07) is 6.07. The maximum absolute atomic E-state index is 11.9. The van der Waals surface area contributed by atoms with Crippen LogP contribution in [0.15, 0.2) is 33.6 Å². The summed E-state index contributed by atoms with van der Waals surface area (Å²) in [4.78, 5) is 36.0.